The lowest BCUT2D eigenvalue weighted by molar-refractivity contribution is 0.0707. The molecule has 4 rings (SSSR count). The van der Waals surface area contributed by atoms with Gasteiger partial charge in [-0.05, 0) is 56.9 Å². The Labute approximate surface area is 153 Å². The lowest BCUT2D eigenvalue weighted by atomic mass is 9.98. The summed E-state index contributed by atoms with van der Waals surface area (Å²) in [5.41, 5.74) is 2.04. The van der Waals surface area contributed by atoms with Crippen LogP contribution >= 0.6 is 11.3 Å². The van der Waals surface area contributed by atoms with Crippen molar-refractivity contribution in [1.82, 2.24) is 9.88 Å². The van der Waals surface area contributed by atoms with Gasteiger partial charge in [0, 0.05) is 54.4 Å². The minimum atomic E-state index is 0.158. The summed E-state index contributed by atoms with van der Waals surface area (Å²) >= 11 is 1.77. The Morgan fingerprint density at radius 3 is 2.56 bits per heavy atom. The second kappa shape index (κ2) is 7.16. The van der Waals surface area contributed by atoms with E-state index in [0.717, 1.165) is 44.6 Å². The third-order valence-corrected chi connectivity index (χ3v) is 6.36. The number of thiazole rings is 1. The fraction of sp³-hybridized carbons (Fsp3) is 0.500. The van der Waals surface area contributed by atoms with Crippen LogP contribution in [0.25, 0.3) is 0 Å². The number of amides is 1. The first-order chi connectivity index (χ1) is 12.2. The maximum absolute atomic E-state index is 12.9. The molecule has 0 saturated carbocycles. The van der Waals surface area contributed by atoms with Crippen molar-refractivity contribution in [2.75, 3.05) is 31.1 Å². The predicted molar refractivity (Wildman–Crippen MR) is 103 cm³/mol. The molecule has 1 unspecified atom stereocenters. The molecule has 0 bridgehead atoms. The van der Waals surface area contributed by atoms with E-state index < -0.39 is 0 Å². The predicted octanol–water partition coefficient (Wildman–Crippen LogP) is 4.07. The first kappa shape index (κ1) is 16.6. The molecule has 0 N–H and O–H groups in total. The Morgan fingerprint density at radius 1 is 1.12 bits per heavy atom. The molecule has 2 saturated heterocycles. The van der Waals surface area contributed by atoms with Crippen LogP contribution in [-0.2, 0) is 0 Å². The van der Waals surface area contributed by atoms with Crippen LogP contribution in [-0.4, -0.2) is 42.0 Å². The van der Waals surface area contributed by atoms with E-state index in [-0.39, 0.29) is 5.91 Å². The number of likely N-dealkylation sites (tertiary alicyclic amines) is 1. The number of carbonyl (C=O) groups excluding carboxylic acids is 1. The van der Waals surface area contributed by atoms with Crippen LogP contribution in [0.5, 0.6) is 0 Å². The van der Waals surface area contributed by atoms with Crippen LogP contribution < -0.4 is 4.90 Å². The molecule has 5 heteroatoms. The Bertz CT molecular complexity index is 734. The van der Waals surface area contributed by atoms with E-state index in [4.69, 9.17) is 0 Å². The van der Waals surface area contributed by atoms with E-state index >= 15 is 0 Å². The van der Waals surface area contributed by atoms with Gasteiger partial charge in [0.25, 0.3) is 5.91 Å². The molecule has 0 aliphatic carbocycles. The maximum Gasteiger partial charge on any atom is 0.253 e. The fourth-order valence-corrected chi connectivity index (χ4v) is 4.80. The van der Waals surface area contributed by atoms with Crippen molar-refractivity contribution in [3.8, 4) is 0 Å². The highest BCUT2D eigenvalue weighted by molar-refractivity contribution is 7.11. The minimum Gasteiger partial charge on any atom is -0.372 e. The summed E-state index contributed by atoms with van der Waals surface area (Å²) in [6.45, 7) is 6.00. The number of piperidine rings is 1. The quantitative estimate of drug-likeness (QED) is 0.833. The highest BCUT2D eigenvalue weighted by atomic mass is 32.1. The van der Waals surface area contributed by atoms with E-state index in [1.807, 2.05) is 23.2 Å². The van der Waals surface area contributed by atoms with Crippen molar-refractivity contribution in [3.05, 3.63) is 45.9 Å². The number of rotatable bonds is 3. The molecule has 4 nitrogen and oxygen atoms in total. The number of aryl methyl sites for hydroxylation is 1. The summed E-state index contributed by atoms with van der Waals surface area (Å²) in [4.78, 5) is 23.1. The molecule has 1 atom stereocenters. The molecular formula is C20H25N3OS. The van der Waals surface area contributed by atoms with Crippen molar-refractivity contribution < 1.29 is 4.79 Å². The Hall–Kier alpha value is -1.88. The molecule has 1 amide bonds. The Balaban J connectivity index is 1.44. The average Bonchev–Trinajstić information content (AvgIpc) is 3.33. The number of hydrogen-bond acceptors (Lipinski definition) is 4. The van der Waals surface area contributed by atoms with E-state index in [2.05, 4.69) is 28.9 Å². The molecular weight excluding hydrogens is 330 g/mol. The highest BCUT2D eigenvalue weighted by Gasteiger charge is 2.27. The second-order valence-electron chi connectivity index (χ2n) is 7.14. The van der Waals surface area contributed by atoms with Gasteiger partial charge >= 0.3 is 0 Å². The summed E-state index contributed by atoms with van der Waals surface area (Å²) in [6, 6.07) is 8.19. The maximum atomic E-state index is 12.9. The molecule has 2 aliphatic heterocycles. The Morgan fingerprint density at radius 2 is 1.88 bits per heavy atom. The zero-order valence-corrected chi connectivity index (χ0v) is 15.6. The van der Waals surface area contributed by atoms with Crippen LogP contribution in [0, 0.1) is 6.92 Å². The molecule has 0 spiro atoms. The van der Waals surface area contributed by atoms with Crippen LogP contribution in [0.1, 0.15) is 51.8 Å². The van der Waals surface area contributed by atoms with Crippen molar-refractivity contribution in [2.24, 2.45) is 0 Å². The van der Waals surface area contributed by atoms with Gasteiger partial charge in [-0.2, -0.15) is 0 Å². The summed E-state index contributed by atoms with van der Waals surface area (Å²) in [5.74, 6) is 0.547. The van der Waals surface area contributed by atoms with Gasteiger partial charge in [0.2, 0.25) is 0 Å². The third-order valence-electron chi connectivity index (χ3n) is 5.28. The van der Waals surface area contributed by atoms with Crippen LogP contribution in [0.3, 0.4) is 0 Å². The topological polar surface area (TPSA) is 36.4 Å². The van der Waals surface area contributed by atoms with E-state index in [0.29, 0.717) is 5.92 Å². The van der Waals surface area contributed by atoms with E-state index in [1.165, 1.54) is 28.4 Å². The van der Waals surface area contributed by atoms with Crippen LogP contribution in [0.4, 0.5) is 5.69 Å². The van der Waals surface area contributed by atoms with E-state index in [1.54, 1.807) is 11.3 Å². The van der Waals surface area contributed by atoms with Crippen molar-refractivity contribution in [2.45, 2.75) is 38.5 Å². The van der Waals surface area contributed by atoms with Gasteiger partial charge in [-0.3, -0.25) is 4.79 Å². The van der Waals surface area contributed by atoms with Gasteiger partial charge in [-0.15, -0.1) is 11.3 Å². The molecule has 25 heavy (non-hydrogen) atoms. The van der Waals surface area contributed by atoms with Crippen molar-refractivity contribution in [3.63, 3.8) is 0 Å². The number of nitrogens with zero attached hydrogens (tertiary/aromatic N) is 3. The van der Waals surface area contributed by atoms with Gasteiger partial charge in [-0.25, -0.2) is 4.98 Å². The molecule has 1 aromatic carbocycles. The summed E-state index contributed by atoms with van der Waals surface area (Å²) in [5, 5.41) is 1.18. The zero-order chi connectivity index (χ0) is 17.2. The summed E-state index contributed by atoms with van der Waals surface area (Å²) in [6.07, 6.45) is 6.67. The van der Waals surface area contributed by atoms with Gasteiger partial charge in [0.1, 0.15) is 0 Å². The van der Waals surface area contributed by atoms with Gasteiger partial charge < -0.3 is 9.80 Å². The summed E-state index contributed by atoms with van der Waals surface area (Å²) in [7, 11) is 0. The lowest BCUT2D eigenvalue weighted by Gasteiger charge is -2.32. The third kappa shape index (κ3) is 3.56. The molecule has 2 aromatic rings. The van der Waals surface area contributed by atoms with Gasteiger partial charge in [0.15, 0.2) is 0 Å². The smallest absolute Gasteiger partial charge is 0.253 e. The number of carbonyl (C=O) groups is 1. The lowest BCUT2D eigenvalue weighted by Crippen LogP contribution is -2.39. The SMILES string of the molecule is Cc1cnc(C2CCCN(C(=O)c3ccc(N4CCCC4)cc3)C2)s1. The monoisotopic (exact) mass is 355 g/mol. The zero-order valence-electron chi connectivity index (χ0n) is 14.8. The molecule has 2 aliphatic rings. The molecule has 0 radical (unpaired) electrons. The molecule has 3 heterocycles. The summed E-state index contributed by atoms with van der Waals surface area (Å²) < 4.78 is 0. The fourth-order valence-electron chi connectivity index (χ4n) is 3.90. The largest absolute Gasteiger partial charge is 0.372 e. The van der Waals surface area contributed by atoms with Gasteiger partial charge in [0.05, 0.1) is 5.01 Å². The average molecular weight is 356 g/mol. The van der Waals surface area contributed by atoms with Crippen LogP contribution in [0.15, 0.2) is 30.5 Å². The first-order valence-corrected chi connectivity index (χ1v) is 10.1. The van der Waals surface area contributed by atoms with E-state index in [9.17, 15) is 4.79 Å². The van der Waals surface area contributed by atoms with Crippen molar-refractivity contribution in [1.29, 1.82) is 0 Å². The number of benzene rings is 1. The van der Waals surface area contributed by atoms with Gasteiger partial charge in [-0.1, -0.05) is 0 Å². The molecule has 132 valence electrons. The normalized spacial score (nSPS) is 20.9. The second-order valence-corrected chi connectivity index (χ2v) is 8.41. The number of aromatic nitrogens is 1. The number of hydrogen-bond donors (Lipinski definition) is 0. The first-order valence-electron chi connectivity index (χ1n) is 9.27. The highest BCUT2D eigenvalue weighted by Crippen LogP contribution is 2.30. The van der Waals surface area contributed by atoms with Crippen LogP contribution in [0.2, 0.25) is 0 Å². The number of anilines is 1. The Kier molecular flexibility index (Phi) is 4.75. The molecule has 2 fully saturated rings. The van der Waals surface area contributed by atoms with Crippen molar-refractivity contribution >= 4 is 22.9 Å². The minimum absolute atomic E-state index is 0.158. The molecule has 1 aromatic heterocycles. The standard InChI is InChI=1S/C20H25N3OS/c1-15-13-21-19(25-15)17-5-4-12-23(14-17)20(24)16-6-8-18(9-7-16)22-10-2-3-11-22/h6-9,13,17H,2-5,10-12,14H2,1H3.